The molecule has 1 aliphatic heterocycles. The Bertz CT molecular complexity index is 825. The average molecular weight is 372 g/mol. The molecule has 7 atom stereocenters. The van der Waals surface area contributed by atoms with E-state index in [0.29, 0.717) is 49.9 Å². The van der Waals surface area contributed by atoms with E-state index in [4.69, 9.17) is 4.74 Å². The van der Waals surface area contributed by atoms with E-state index in [1.165, 1.54) is 12.2 Å². The van der Waals surface area contributed by atoms with Gasteiger partial charge in [0.05, 0.1) is 24.2 Å². The molecule has 2 bridgehead atoms. The number of fused-ring (bicyclic) bond motifs is 1. The maximum Gasteiger partial charge on any atom is 0.306 e. The number of ketones is 2. The molecule has 6 nitrogen and oxygen atoms in total. The third-order valence-electron chi connectivity index (χ3n) is 8.28. The fraction of sp³-hybridized carbons (Fsp3) is 0.667. The normalized spacial score (nSPS) is 48.1. The summed E-state index contributed by atoms with van der Waals surface area (Å²) >= 11 is 0. The Morgan fingerprint density at radius 1 is 1.19 bits per heavy atom. The summed E-state index contributed by atoms with van der Waals surface area (Å²) in [5.41, 5.74) is -0.625. The number of hydrogen-bond acceptors (Lipinski definition) is 5. The van der Waals surface area contributed by atoms with Crippen molar-refractivity contribution in [2.24, 2.45) is 29.1 Å². The van der Waals surface area contributed by atoms with Crippen LogP contribution in [0.15, 0.2) is 23.3 Å². The predicted octanol–water partition coefficient (Wildman–Crippen LogP) is 1.67. The van der Waals surface area contributed by atoms with Crippen LogP contribution < -0.4 is 0 Å². The number of aliphatic carboxylic acids is 1. The molecule has 0 radical (unpaired) electrons. The first kappa shape index (κ1) is 17.3. The zero-order valence-electron chi connectivity index (χ0n) is 15.3. The highest BCUT2D eigenvalue weighted by molar-refractivity contribution is 6.21. The zero-order valence-corrected chi connectivity index (χ0v) is 15.3. The van der Waals surface area contributed by atoms with Crippen molar-refractivity contribution in [2.75, 3.05) is 6.61 Å². The average Bonchev–Trinajstić information content (AvgIpc) is 2.90. The lowest BCUT2D eigenvalue weighted by Crippen LogP contribution is -2.59. The quantitative estimate of drug-likeness (QED) is 0.679. The highest BCUT2D eigenvalue weighted by Gasteiger charge is 2.71. The Hall–Kier alpha value is -1.79. The standard InChI is InChI=1S/C21H24O6/c1-10-9-27-18-17-12(14(22)3-4-15(17)23)8-13-11(19(24)25)2-5-16-20(13,18)6-7-21(10,16)26/h3-4,10-11,13,16,18,26H,2,5-9H2,1H3,(H,24,25)/t10-,11+,13-,16-,18+,20+,21+/m0/s1. The number of carboxylic acid groups (broad SMARTS) is 1. The van der Waals surface area contributed by atoms with Crippen LogP contribution in [-0.2, 0) is 19.1 Å². The van der Waals surface area contributed by atoms with E-state index in [0.717, 1.165) is 0 Å². The van der Waals surface area contributed by atoms with Crippen molar-refractivity contribution in [3.05, 3.63) is 23.3 Å². The van der Waals surface area contributed by atoms with Crippen molar-refractivity contribution in [3.8, 4) is 0 Å². The summed E-state index contributed by atoms with van der Waals surface area (Å²) in [5.74, 6) is -2.33. The molecule has 0 unspecified atom stereocenters. The first-order valence-electron chi connectivity index (χ1n) is 9.87. The number of carboxylic acids is 1. The summed E-state index contributed by atoms with van der Waals surface area (Å²) in [5, 5.41) is 21.4. The van der Waals surface area contributed by atoms with Crippen LogP contribution in [0, 0.1) is 29.1 Å². The van der Waals surface area contributed by atoms with E-state index in [-0.39, 0.29) is 29.3 Å². The SMILES string of the molecule is C[C@H]1CO[C@@H]2C3=C(C[C@H]4[C@H](C(=O)O)CC[C@@H]5[C@@]1(O)CC[C@]254)C(=O)C=CC3=O. The van der Waals surface area contributed by atoms with Crippen LogP contribution >= 0.6 is 0 Å². The topological polar surface area (TPSA) is 101 Å². The first-order chi connectivity index (χ1) is 12.8. The third-order valence-corrected chi connectivity index (χ3v) is 8.28. The van der Waals surface area contributed by atoms with E-state index < -0.39 is 29.0 Å². The Kier molecular flexibility index (Phi) is 3.45. The van der Waals surface area contributed by atoms with Gasteiger partial charge in [0.1, 0.15) is 0 Å². The molecule has 144 valence electrons. The Balaban J connectivity index is 1.75. The third kappa shape index (κ3) is 1.95. The molecule has 4 aliphatic carbocycles. The second kappa shape index (κ2) is 5.39. The molecular weight excluding hydrogens is 348 g/mol. The molecule has 0 aromatic heterocycles. The fourth-order valence-corrected chi connectivity index (χ4v) is 7.07. The maximum atomic E-state index is 12.8. The highest BCUT2D eigenvalue weighted by Crippen LogP contribution is 2.69. The minimum atomic E-state index is -0.897. The summed E-state index contributed by atoms with van der Waals surface area (Å²) in [6, 6.07) is 0. The molecule has 27 heavy (non-hydrogen) atoms. The Morgan fingerprint density at radius 2 is 1.93 bits per heavy atom. The molecule has 2 N–H and O–H groups in total. The van der Waals surface area contributed by atoms with Gasteiger partial charge in [0.25, 0.3) is 0 Å². The van der Waals surface area contributed by atoms with Crippen molar-refractivity contribution in [3.63, 3.8) is 0 Å². The van der Waals surface area contributed by atoms with Gasteiger partial charge in [0.15, 0.2) is 11.6 Å². The molecular formula is C21H24O6. The summed E-state index contributed by atoms with van der Waals surface area (Å²) in [6.45, 7) is 2.28. The van der Waals surface area contributed by atoms with Gasteiger partial charge in [-0.3, -0.25) is 14.4 Å². The van der Waals surface area contributed by atoms with Crippen LogP contribution in [0.2, 0.25) is 0 Å². The van der Waals surface area contributed by atoms with Crippen molar-refractivity contribution in [2.45, 2.75) is 50.7 Å². The van der Waals surface area contributed by atoms with E-state index in [9.17, 15) is 24.6 Å². The van der Waals surface area contributed by atoms with Gasteiger partial charge in [-0.1, -0.05) is 6.92 Å². The fourth-order valence-electron chi connectivity index (χ4n) is 7.07. The second-order valence-electron chi connectivity index (χ2n) is 9.06. The molecule has 6 heteroatoms. The van der Waals surface area contributed by atoms with Crippen molar-refractivity contribution < 1.29 is 29.3 Å². The lowest BCUT2D eigenvalue weighted by Gasteiger charge is -2.56. The molecule has 1 heterocycles. The van der Waals surface area contributed by atoms with Crippen LogP contribution in [0.4, 0.5) is 0 Å². The van der Waals surface area contributed by atoms with Gasteiger partial charge >= 0.3 is 5.97 Å². The Morgan fingerprint density at radius 3 is 2.67 bits per heavy atom. The largest absolute Gasteiger partial charge is 0.481 e. The van der Waals surface area contributed by atoms with Crippen LogP contribution in [0.1, 0.15) is 39.0 Å². The number of carbonyl (C=O) groups is 3. The number of carbonyl (C=O) groups excluding carboxylic acids is 2. The molecule has 1 saturated heterocycles. The van der Waals surface area contributed by atoms with Gasteiger partial charge in [-0.2, -0.15) is 0 Å². The minimum Gasteiger partial charge on any atom is -0.481 e. The predicted molar refractivity (Wildman–Crippen MR) is 93.7 cm³/mol. The van der Waals surface area contributed by atoms with Crippen LogP contribution in [-0.4, -0.2) is 46.1 Å². The second-order valence-corrected chi connectivity index (χ2v) is 9.06. The molecule has 5 aliphatic rings. The number of ether oxygens (including phenoxy) is 1. The lowest BCUT2D eigenvalue weighted by atomic mass is 9.48. The van der Waals surface area contributed by atoms with E-state index >= 15 is 0 Å². The molecule has 0 aromatic rings. The van der Waals surface area contributed by atoms with Crippen molar-refractivity contribution in [1.29, 1.82) is 0 Å². The first-order valence-corrected chi connectivity index (χ1v) is 9.87. The highest BCUT2D eigenvalue weighted by atomic mass is 16.5. The van der Waals surface area contributed by atoms with E-state index in [2.05, 4.69) is 0 Å². The van der Waals surface area contributed by atoms with Gasteiger partial charge in [-0.25, -0.2) is 0 Å². The maximum absolute atomic E-state index is 12.8. The summed E-state index contributed by atoms with van der Waals surface area (Å²) in [6.07, 6.45) is 4.65. The van der Waals surface area contributed by atoms with Gasteiger partial charge < -0.3 is 14.9 Å². The monoisotopic (exact) mass is 372 g/mol. The smallest absolute Gasteiger partial charge is 0.306 e. The summed E-state index contributed by atoms with van der Waals surface area (Å²) in [4.78, 5) is 37.4. The molecule has 1 spiro atoms. The van der Waals surface area contributed by atoms with E-state index in [1.807, 2.05) is 6.92 Å². The minimum absolute atomic E-state index is 0.0940. The molecule has 2 saturated carbocycles. The Labute approximate surface area is 157 Å². The van der Waals surface area contributed by atoms with Gasteiger partial charge in [-0.05, 0) is 56.1 Å². The van der Waals surface area contributed by atoms with Gasteiger partial charge in [-0.15, -0.1) is 0 Å². The van der Waals surface area contributed by atoms with Gasteiger partial charge in [0, 0.05) is 22.5 Å². The van der Waals surface area contributed by atoms with Crippen molar-refractivity contribution >= 4 is 17.5 Å². The van der Waals surface area contributed by atoms with Crippen LogP contribution in [0.3, 0.4) is 0 Å². The number of rotatable bonds is 1. The number of aliphatic hydroxyl groups is 1. The summed E-state index contributed by atoms with van der Waals surface area (Å²) in [7, 11) is 0. The molecule has 0 amide bonds. The summed E-state index contributed by atoms with van der Waals surface area (Å²) < 4.78 is 6.24. The molecule has 0 aromatic carbocycles. The zero-order chi connectivity index (χ0) is 19.1. The van der Waals surface area contributed by atoms with Crippen molar-refractivity contribution in [1.82, 2.24) is 0 Å². The van der Waals surface area contributed by atoms with E-state index in [1.54, 1.807) is 0 Å². The van der Waals surface area contributed by atoms with Crippen LogP contribution in [0.25, 0.3) is 0 Å². The number of allylic oxidation sites excluding steroid dienone is 3. The molecule has 3 fully saturated rings. The molecule has 5 rings (SSSR count). The lowest BCUT2D eigenvalue weighted by molar-refractivity contribution is -0.163. The number of hydrogen-bond donors (Lipinski definition) is 2. The van der Waals surface area contributed by atoms with Gasteiger partial charge in [0.2, 0.25) is 0 Å². The van der Waals surface area contributed by atoms with Crippen LogP contribution in [0.5, 0.6) is 0 Å².